The second kappa shape index (κ2) is 9.85. The Morgan fingerprint density at radius 1 is 0.941 bits per heavy atom. The zero-order valence-corrected chi connectivity index (χ0v) is 19.6. The summed E-state index contributed by atoms with van der Waals surface area (Å²) in [5, 5.41) is 0. The van der Waals surface area contributed by atoms with Crippen molar-refractivity contribution in [1.82, 2.24) is 4.90 Å². The van der Waals surface area contributed by atoms with Crippen molar-refractivity contribution in [2.24, 2.45) is 0 Å². The van der Waals surface area contributed by atoms with Crippen LogP contribution in [0.4, 0.5) is 10.1 Å². The van der Waals surface area contributed by atoms with Gasteiger partial charge in [0.2, 0.25) is 0 Å². The molecule has 0 aromatic heterocycles. The Balaban J connectivity index is 1.52. The summed E-state index contributed by atoms with van der Waals surface area (Å²) >= 11 is 1.42. The number of carbonyl (C=O) groups is 2. The number of hydrogen-bond donors (Lipinski definition) is 0. The molecule has 3 aromatic carbocycles. The van der Waals surface area contributed by atoms with Gasteiger partial charge in [0.05, 0.1) is 17.1 Å². The van der Waals surface area contributed by atoms with Gasteiger partial charge in [-0.25, -0.2) is 4.39 Å². The first kappa shape index (κ1) is 22.4. The molecular formula is C28H25FN2O2S. The number of amides is 2. The van der Waals surface area contributed by atoms with Crippen molar-refractivity contribution in [3.63, 3.8) is 0 Å². The molecule has 0 atom stereocenters. The van der Waals surface area contributed by atoms with Crippen molar-refractivity contribution in [3.05, 3.63) is 100 Å². The van der Waals surface area contributed by atoms with E-state index in [0.717, 1.165) is 48.4 Å². The Kier molecular flexibility index (Phi) is 6.50. The number of anilines is 1. The van der Waals surface area contributed by atoms with Gasteiger partial charge in [0.25, 0.3) is 11.8 Å². The molecule has 0 radical (unpaired) electrons. The van der Waals surface area contributed by atoms with E-state index >= 15 is 0 Å². The highest BCUT2D eigenvalue weighted by molar-refractivity contribution is 8.04. The molecule has 2 amide bonds. The van der Waals surface area contributed by atoms with Crippen molar-refractivity contribution < 1.29 is 14.0 Å². The van der Waals surface area contributed by atoms with Crippen LogP contribution in [0.2, 0.25) is 0 Å². The standard InChI is InChI=1S/C28H25FN2O2S/c29-23-12-9-21(10-13-23)19-31-24-18-22(27(32)30-15-5-2-6-16-30)11-14-25(24)34-26(28(31)33)17-20-7-3-1-4-8-20/h1,3-4,7-14,17-18H,2,5-6,15-16,19H2. The molecule has 0 bridgehead atoms. The van der Waals surface area contributed by atoms with Crippen LogP contribution in [-0.2, 0) is 11.3 Å². The number of rotatable bonds is 4. The molecule has 2 aliphatic rings. The molecule has 0 spiro atoms. The molecule has 0 unspecified atom stereocenters. The second-order valence-electron chi connectivity index (χ2n) is 8.57. The van der Waals surface area contributed by atoms with Gasteiger partial charge in [-0.3, -0.25) is 9.59 Å². The monoisotopic (exact) mass is 472 g/mol. The lowest BCUT2D eigenvalue weighted by molar-refractivity contribution is -0.114. The summed E-state index contributed by atoms with van der Waals surface area (Å²) in [5.41, 5.74) is 3.07. The summed E-state index contributed by atoms with van der Waals surface area (Å²) in [6.45, 7) is 1.83. The van der Waals surface area contributed by atoms with Crippen molar-refractivity contribution in [2.45, 2.75) is 30.7 Å². The molecule has 5 rings (SSSR count). The van der Waals surface area contributed by atoms with Crippen LogP contribution in [0.1, 0.15) is 40.7 Å². The topological polar surface area (TPSA) is 40.6 Å². The summed E-state index contributed by atoms with van der Waals surface area (Å²) in [6, 6.07) is 21.5. The summed E-state index contributed by atoms with van der Waals surface area (Å²) in [7, 11) is 0. The van der Waals surface area contributed by atoms with Crippen LogP contribution in [-0.4, -0.2) is 29.8 Å². The number of nitrogens with zero attached hydrogens (tertiary/aromatic N) is 2. The van der Waals surface area contributed by atoms with E-state index in [2.05, 4.69) is 0 Å². The van der Waals surface area contributed by atoms with E-state index in [0.29, 0.717) is 22.7 Å². The van der Waals surface area contributed by atoms with E-state index in [1.807, 2.05) is 59.5 Å². The van der Waals surface area contributed by atoms with E-state index in [1.165, 1.54) is 23.9 Å². The highest BCUT2D eigenvalue weighted by Gasteiger charge is 2.31. The third-order valence-corrected chi connectivity index (χ3v) is 7.24. The molecule has 6 heteroatoms. The lowest BCUT2D eigenvalue weighted by Crippen LogP contribution is -2.36. The van der Waals surface area contributed by atoms with Gasteiger partial charge in [-0.1, -0.05) is 54.2 Å². The van der Waals surface area contributed by atoms with E-state index in [9.17, 15) is 14.0 Å². The van der Waals surface area contributed by atoms with Crippen LogP contribution in [0, 0.1) is 5.82 Å². The molecular weight excluding hydrogens is 447 g/mol. The number of carbonyl (C=O) groups excluding carboxylic acids is 2. The maximum atomic E-state index is 13.6. The third-order valence-electron chi connectivity index (χ3n) is 6.17. The largest absolute Gasteiger partial charge is 0.339 e. The first-order valence-electron chi connectivity index (χ1n) is 11.5. The zero-order valence-electron chi connectivity index (χ0n) is 18.7. The first-order chi connectivity index (χ1) is 16.6. The third kappa shape index (κ3) is 4.77. The van der Waals surface area contributed by atoms with Crippen molar-refractivity contribution in [3.8, 4) is 0 Å². The minimum atomic E-state index is -0.316. The summed E-state index contributed by atoms with van der Waals surface area (Å²) in [5.74, 6) is -0.440. The molecule has 0 aliphatic carbocycles. The lowest BCUT2D eigenvalue weighted by Gasteiger charge is -2.32. The fraction of sp³-hybridized carbons (Fsp3) is 0.214. The van der Waals surface area contributed by atoms with Crippen molar-refractivity contribution >= 4 is 35.3 Å². The van der Waals surface area contributed by atoms with Gasteiger partial charge in [0, 0.05) is 23.5 Å². The normalized spacial score (nSPS) is 17.1. The van der Waals surface area contributed by atoms with Gasteiger partial charge in [-0.05, 0) is 66.8 Å². The van der Waals surface area contributed by atoms with Crippen LogP contribution < -0.4 is 4.90 Å². The Morgan fingerprint density at radius 2 is 1.68 bits per heavy atom. The molecule has 172 valence electrons. The second-order valence-corrected chi connectivity index (χ2v) is 9.66. The van der Waals surface area contributed by atoms with Crippen LogP contribution >= 0.6 is 11.8 Å². The van der Waals surface area contributed by atoms with Gasteiger partial charge in [0.15, 0.2) is 0 Å². The SMILES string of the molecule is O=C(c1ccc2c(c1)N(Cc1ccc(F)cc1)C(=O)C(=Cc1ccccc1)S2)N1CCCCC1. The molecule has 0 saturated carbocycles. The van der Waals surface area contributed by atoms with E-state index in [-0.39, 0.29) is 17.6 Å². The Bertz CT molecular complexity index is 1240. The summed E-state index contributed by atoms with van der Waals surface area (Å²) in [6.07, 6.45) is 5.09. The smallest absolute Gasteiger partial charge is 0.265 e. The Hall–Kier alpha value is -3.38. The molecule has 3 aromatic rings. The number of likely N-dealkylation sites (tertiary alicyclic amines) is 1. The van der Waals surface area contributed by atoms with Crippen LogP contribution in [0.3, 0.4) is 0 Å². The van der Waals surface area contributed by atoms with Crippen LogP contribution in [0.15, 0.2) is 82.6 Å². The van der Waals surface area contributed by atoms with E-state index in [1.54, 1.807) is 17.0 Å². The number of halogens is 1. The van der Waals surface area contributed by atoms with Gasteiger partial charge in [-0.15, -0.1) is 0 Å². The maximum absolute atomic E-state index is 13.6. The Morgan fingerprint density at radius 3 is 2.41 bits per heavy atom. The average Bonchev–Trinajstić information content (AvgIpc) is 2.88. The Labute approximate surface area is 203 Å². The molecule has 0 N–H and O–H groups in total. The zero-order chi connectivity index (χ0) is 23.5. The predicted octanol–water partition coefficient (Wildman–Crippen LogP) is 6.13. The van der Waals surface area contributed by atoms with Crippen LogP contribution in [0.25, 0.3) is 6.08 Å². The quantitative estimate of drug-likeness (QED) is 0.429. The maximum Gasteiger partial charge on any atom is 0.265 e. The molecule has 1 fully saturated rings. The van der Waals surface area contributed by atoms with E-state index in [4.69, 9.17) is 0 Å². The first-order valence-corrected chi connectivity index (χ1v) is 12.3. The predicted molar refractivity (Wildman–Crippen MR) is 134 cm³/mol. The van der Waals surface area contributed by atoms with Crippen molar-refractivity contribution in [2.75, 3.05) is 18.0 Å². The summed E-state index contributed by atoms with van der Waals surface area (Å²) in [4.78, 5) is 31.9. The minimum absolute atomic E-state index is 0.00676. The summed E-state index contributed by atoms with van der Waals surface area (Å²) < 4.78 is 13.5. The number of thioether (sulfide) groups is 1. The number of fused-ring (bicyclic) bond motifs is 1. The van der Waals surface area contributed by atoms with Gasteiger partial charge in [0.1, 0.15) is 5.82 Å². The highest BCUT2D eigenvalue weighted by Crippen LogP contribution is 2.43. The highest BCUT2D eigenvalue weighted by atomic mass is 32.2. The fourth-order valence-electron chi connectivity index (χ4n) is 4.35. The van der Waals surface area contributed by atoms with E-state index < -0.39 is 0 Å². The lowest BCUT2D eigenvalue weighted by atomic mass is 10.1. The van der Waals surface area contributed by atoms with Gasteiger partial charge in [-0.2, -0.15) is 0 Å². The molecule has 2 heterocycles. The minimum Gasteiger partial charge on any atom is -0.339 e. The molecule has 34 heavy (non-hydrogen) atoms. The average molecular weight is 473 g/mol. The van der Waals surface area contributed by atoms with Gasteiger partial charge >= 0.3 is 0 Å². The molecule has 1 saturated heterocycles. The number of hydrogen-bond acceptors (Lipinski definition) is 3. The molecule has 4 nitrogen and oxygen atoms in total. The fourth-order valence-corrected chi connectivity index (χ4v) is 5.39. The molecule has 2 aliphatic heterocycles. The van der Waals surface area contributed by atoms with Crippen LogP contribution in [0.5, 0.6) is 0 Å². The van der Waals surface area contributed by atoms with Crippen molar-refractivity contribution in [1.29, 1.82) is 0 Å². The van der Waals surface area contributed by atoms with Gasteiger partial charge < -0.3 is 9.80 Å². The number of benzene rings is 3. The number of piperidine rings is 1.